The molecule has 0 aromatic heterocycles. The standard InChI is InChI=1S/C12H18O2/c1-5-6-8(2)7-9-10(11(13)14)12(9,3)4/h5-7,9-10H,1-4H3,(H,13,14)/t9-,10+/m1/s1. The number of carboxylic acid groups (broad SMARTS) is 1. The fourth-order valence-electron chi connectivity index (χ4n) is 2.06. The van der Waals surface area contributed by atoms with Gasteiger partial charge in [0.25, 0.3) is 0 Å². The molecule has 1 aliphatic carbocycles. The van der Waals surface area contributed by atoms with Crippen LogP contribution in [0.4, 0.5) is 0 Å². The second kappa shape index (κ2) is 3.60. The van der Waals surface area contributed by atoms with E-state index in [0.29, 0.717) is 0 Å². The summed E-state index contributed by atoms with van der Waals surface area (Å²) in [6.07, 6.45) is 6.04. The Balaban J connectivity index is 2.75. The fourth-order valence-corrected chi connectivity index (χ4v) is 2.06. The van der Waals surface area contributed by atoms with Gasteiger partial charge >= 0.3 is 5.97 Å². The lowest BCUT2D eigenvalue weighted by Crippen LogP contribution is -2.03. The molecule has 1 saturated carbocycles. The third kappa shape index (κ3) is 1.89. The lowest BCUT2D eigenvalue weighted by molar-refractivity contribution is -0.139. The van der Waals surface area contributed by atoms with Gasteiger partial charge in [0.05, 0.1) is 5.92 Å². The first kappa shape index (κ1) is 11.0. The topological polar surface area (TPSA) is 37.3 Å². The van der Waals surface area contributed by atoms with Crippen molar-refractivity contribution in [1.82, 2.24) is 0 Å². The van der Waals surface area contributed by atoms with Crippen LogP contribution in [0, 0.1) is 17.3 Å². The van der Waals surface area contributed by atoms with Crippen molar-refractivity contribution in [3.63, 3.8) is 0 Å². The predicted octanol–water partition coefficient (Wildman–Crippen LogP) is 2.87. The van der Waals surface area contributed by atoms with E-state index in [1.54, 1.807) is 0 Å². The van der Waals surface area contributed by atoms with Gasteiger partial charge in [-0.3, -0.25) is 4.79 Å². The highest BCUT2D eigenvalue weighted by Crippen LogP contribution is 2.59. The smallest absolute Gasteiger partial charge is 0.307 e. The first-order valence-electron chi connectivity index (χ1n) is 4.95. The van der Waals surface area contributed by atoms with E-state index >= 15 is 0 Å². The Labute approximate surface area is 85.3 Å². The quantitative estimate of drug-likeness (QED) is 0.701. The van der Waals surface area contributed by atoms with Gasteiger partial charge in [-0.05, 0) is 25.2 Å². The van der Waals surface area contributed by atoms with Gasteiger partial charge < -0.3 is 5.11 Å². The van der Waals surface area contributed by atoms with Gasteiger partial charge in [-0.25, -0.2) is 0 Å². The largest absolute Gasteiger partial charge is 0.481 e. The van der Waals surface area contributed by atoms with Crippen LogP contribution < -0.4 is 0 Å². The predicted molar refractivity (Wildman–Crippen MR) is 57.0 cm³/mol. The Morgan fingerprint density at radius 2 is 2.00 bits per heavy atom. The molecule has 2 nitrogen and oxygen atoms in total. The molecule has 0 amide bonds. The molecule has 0 aliphatic heterocycles. The first-order chi connectivity index (χ1) is 6.41. The number of rotatable bonds is 3. The maximum Gasteiger partial charge on any atom is 0.307 e. The average molecular weight is 194 g/mol. The van der Waals surface area contributed by atoms with E-state index in [9.17, 15) is 4.79 Å². The zero-order valence-electron chi connectivity index (χ0n) is 9.24. The number of aliphatic carboxylic acids is 1. The Hall–Kier alpha value is -1.05. The van der Waals surface area contributed by atoms with Crippen molar-refractivity contribution in [3.8, 4) is 0 Å². The van der Waals surface area contributed by atoms with Gasteiger partial charge in [0.2, 0.25) is 0 Å². The Morgan fingerprint density at radius 1 is 1.43 bits per heavy atom. The fraction of sp³-hybridized carbons (Fsp3) is 0.583. The van der Waals surface area contributed by atoms with Gasteiger partial charge in [0.15, 0.2) is 0 Å². The van der Waals surface area contributed by atoms with Gasteiger partial charge in [0.1, 0.15) is 0 Å². The van der Waals surface area contributed by atoms with E-state index < -0.39 is 5.97 Å². The van der Waals surface area contributed by atoms with Crippen molar-refractivity contribution >= 4 is 5.97 Å². The molecular formula is C12H18O2. The van der Waals surface area contributed by atoms with Crippen LogP contribution in [0.15, 0.2) is 23.8 Å². The number of carbonyl (C=O) groups is 1. The van der Waals surface area contributed by atoms with E-state index in [2.05, 4.69) is 6.08 Å². The molecule has 78 valence electrons. The van der Waals surface area contributed by atoms with E-state index in [1.165, 1.54) is 0 Å². The number of hydrogen-bond acceptors (Lipinski definition) is 1. The summed E-state index contributed by atoms with van der Waals surface area (Å²) < 4.78 is 0. The van der Waals surface area contributed by atoms with Gasteiger partial charge in [-0.1, -0.05) is 37.6 Å². The van der Waals surface area contributed by atoms with Gasteiger partial charge in [-0.15, -0.1) is 0 Å². The van der Waals surface area contributed by atoms with Crippen molar-refractivity contribution in [3.05, 3.63) is 23.8 Å². The van der Waals surface area contributed by atoms with Crippen molar-refractivity contribution in [2.75, 3.05) is 0 Å². The highest BCUT2D eigenvalue weighted by molar-refractivity contribution is 5.76. The minimum atomic E-state index is -0.676. The Kier molecular flexibility index (Phi) is 2.84. The summed E-state index contributed by atoms with van der Waals surface area (Å²) in [7, 11) is 0. The van der Waals surface area contributed by atoms with E-state index in [-0.39, 0.29) is 17.3 Å². The number of allylic oxidation sites excluding steroid dienone is 4. The zero-order chi connectivity index (χ0) is 10.9. The van der Waals surface area contributed by atoms with E-state index in [1.807, 2.05) is 39.8 Å². The molecule has 2 atom stereocenters. The minimum Gasteiger partial charge on any atom is -0.481 e. The molecule has 14 heavy (non-hydrogen) atoms. The SMILES string of the molecule is CC=CC(C)=C[C@@H]1[C@@H](C(=O)O)C1(C)C. The number of carboxylic acids is 1. The van der Waals surface area contributed by atoms with Crippen LogP contribution >= 0.6 is 0 Å². The van der Waals surface area contributed by atoms with Gasteiger partial charge in [-0.2, -0.15) is 0 Å². The summed E-state index contributed by atoms with van der Waals surface area (Å²) in [4.78, 5) is 10.9. The lowest BCUT2D eigenvalue weighted by Gasteiger charge is -1.97. The summed E-state index contributed by atoms with van der Waals surface area (Å²) in [5.41, 5.74) is 1.07. The Morgan fingerprint density at radius 3 is 2.36 bits per heavy atom. The van der Waals surface area contributed by atoms with Crippen LogP contribution in [0.5, 0.6) is 0 Å². The van der Waals surface area contributed by atoms with Gasteiger partial charge in [0, 0.05) is 0 Å². The molecular weight excluding hydrogens is 176 g/mol. The van der Waals surface area contributed by atoms with E-state index in [0.717, 1.165) is 5.57 Å². The molecule has 0 heterocycles. The van der Waals surface area contributed by atoms with Crippen LogP contribution in [0.1, 0.15) is 27.7 Å². The second-order valence-electron chi connectivity index (χ2n) is 4.57. The van der Waals surface area contributed by atoms with Crippen LogP contribution in [-0.2, 0) is 4.79 Å². The molecule has 0 spiro atoms. The molecule has 2 heteroatoms. The van der Waals surface area contributed by atoms with Crippen molar-refractivity contribution in [2.24, 2.45) is 17.3 Å². The maximum atomic E-state index is 10.9. The van der Waals surface area contributed by atoms with Crippen LogP contribution in [0.3, 0.4) is 0 Å². The number of hydrogen-bond donors (Lipinski definition) is 1. The van der Waals surface area contributed by atoms with Crippen LogP contribution in [-0.4, -0.2) is 11.1 Å². The summed E-state index contributed by atoms with van der Waals surface area (Å²) in [6, 6.07) is 0. The van der Waals surface area contributed by atoms with Crippen molar-refractivity contribution < 1.29 is 9.90 Å². The molecule has 1 rings (SSSR count). The maximum absolute atomic E-state index is 10.9. The second-order valence-corrected chi connectivity index (χ2v) is 4.57. The minimum absolute atomic E-state index is 0.0747. The molecule has 1 fully saturated rings. The summed E-state index contributed by atoms with van der Waals surface area (Å²) >= 11 is 0. The lowest BCUT2D eigenvalue weighted by atomic mass is 10.1. The van der Waals surface area contributed by atoms with Crippen LogP contribution in [0.2, 0.25) is 0 Å². The van der Waals surface area contributed by atoms with Crippen molar-refractivity contribution in [1.29, 1.82) is 0 Å². The third-order valence-corrected chi connectivity index (χ3v) is 3.05. The zero-order valence-corrected chi connectivity index (χ0v) is 9.24. The normalized spacial score (nSPS) is 30.7. The highest BCUT2D eigenvalue weighted by atomic mass is 16.4. The third-order valence-electron chi connectivity index (χ3n) is 3.05. The summed E-state index contributed by atoms with van der Waals surface area (Å²) in [5.74, 6) is -0.691. The Bertz CT molecular complexity index is 297. The molecule has 0 aromatic rings. The molecule has 0 unspecified atom stereocenters. The monoisotopic (exact) mass is 194 g/mol. The van der Waals surface area contributed by atoms with Crippen molar-refractivity contribution in [2.45, 2.75) is 27.7 Å². The highest BCUT2D eigenvalue weighted by Gasteiger charge is 2.60. The average Bonchev–Trinajstić information content (AvgIpc) is 2.53. The molecule has 0 radical (unpaired) electrons. The first-order valence-corrected chi connectivity index (χ1v) is 4.95. The summed E-state index contributed by atoms with van der Waals surface area (Å²) in [6.45, 7) is 7.99. The molecule has 0 bridgehead atoms. The van der Waals surface area contributed by atoms with E-state index in [4.69, 9.17) is 5.11 Å². The van der Waals surface area contributed by atoms with Crippen LogP contribution in [0.25, 0.3) is 0 Å². The summed E-state index contributed by atoms with van der Waals surface area (Å²) in [5, 5.41) is 8.95. The molecule has 1 N–H and O–H groups in total. The molecule has 0 aromatic carbocycles. The molecule has 0 saturated heterocycles. The molecule has 1 aliphatic rings.